The molecule has 0 aliphatic heterocycles. The van der Waals surface area contributed by atoms with Crippen LogP contribution in [0.25, 0.3) is 0 Å². The lowest BCUT2D eigenvalue weighted by molar-refractivity contribution is 0.392. The standard InChI is InChI=1S/C17H22N2O6S2/c1-12-6-8-14(27(22,23)19(2)3)11-15(12)18-26(20,21)17-10-13(24-4)7-9-16(17)25-5/h6-11,18H,1-5H3. The van der Waals surface area contributed by atoms with E-state index in [9.17, 15) is 16.8 Å². The Bertz CT molecular complexity index is 1050. The number of aryl methyl sites for hydroxylation is 1. The quantitative estimate of drug-likeness (QED) is 0.744. The van der Waals surface area contributed by atoms with Gasteiger partial charge in [0.2, 0.25) is 10.0 Å². The molecule has 0 fully saturated rings. The lowest BCUT2D eigenvalue weighted by atomic mass is 10.2. The molecule has 1 N–H and O–H groups in total. The highest BCUT2D eigenvalue weighted by Gasteiger charge is 2.23. The lowest BCUT2D eigenvalue weighted by Crippen LogP contribution is -2.22. The Kier molecular flexibility index (Phi) is 6.03. The summed E-state index contributed by atoms with van der Waals surface area (Å²) in [6, 6.07) is 8.64. The highest BCUT2D eigenvalue weighted by atomic mass is 32.2. The molecule has 27 heavy (non-hydrogen) atoms. The Morgan fingerprint density at radius 2 is 1.59 bits per heavy atom. The number of anilines is 1. The fourth-order valence-electron chi connectivity index (χ4n) is 2.28. The maximum absolute atomic E-state index is 12.9. The smallest absolute Gasteiger partial charge is 0.265 e. The summed E-state index contributed by atoms with van der Waals surface area (Å²) in [6.07, 6.45) is 0. The first-order valence-corrected chi connectivity index (χ1v) is 10.7. The maximum atomic E-state index is 12.9. The van der Waals surface area contributed by atoms with E-state index < -0.39 is 20.0 Å². The number of hydrogen-bond acceptors (Lipinski definition) is 6. The average molecular weight is 415 g/mol. The molecule has 0 saturated heterocycles. The molecule has 0 atom stereocenters. The van der Waals surface area contributed by atoms with E-state index in [0.717, 1.165) is 4.31 Å². The lowest BCUT2D eigenvalue weighted by Gasteiger charge is -2.16. The third-order valence-corrected chi connectivity index (χ3v) is 7.09. The van der Waals surface area contributed by atoms with E-state index in [1.165, 1.54) is 58.6 Å². The van der Waals surface area contributed by atoms with Gasteiger partial charge in [-0.25, -0.2) is 21.1 Å². The normalized spacial score (nSPS) is 12.1. The molecule has 0 saturated carbocycles. The van der Waals surface area contributed by atoms with E-state index in [2.05, 4.69) is 4.72 Å². The van der Waals surface area contributed by atoms with E-state index >= 15 is 0 Å². The van der Waals surface area contributed by atoms with Crippen LogP contribution in [0.15, 0.2) is 46.2 Å². The topological polar surface area (TPSA) is 102 Å². The Balaban J connectivity index is 2.53. The first kappa shape index (κ1) is 21.0. The van der Waals surface area contributed by atoms with Crippen LogP contribution in [0.3, 0.4) is 0 Å². The van der Waals surface area contributed by atoms with Crippen molar-refractivity contribution in [2.75, 3.05) is 33.0 Å². The van der Waals surface area contributed by atoms with Crippen molar-refractivity contribution in [1.82, 2.24) is 4.31 Å². The number of nitrogens with one attached hydrogen (secondary N) is 1. The Morgan fingerprint density at radius 3 is 2.15 bits per heavy atom. The second-order valence-electron chi connectivity index (χ2n) is 5.89. The van der Waals surface area contributed by atoms with Gasteiger partial charge >= 0.3 is 0 Å². The van der Waals surface area contributed by atoms with Crippen molar-refractivity contribution in [2.24, 2.45) is 0 Å². The molecule has 0 aliphatic rings. The van der Waals surface area contributed by atoms with Crippen LogP contribution in [0.2, 0.25) is 0 Å². The summed E-state index contributed by atoms with van der Waals surface area (Å²) < 4.78 is 64.1. The van der Waals surface area contributed by atoms with Crippen LogP contribution < -0.4 is 14.2 Å². The van der Waals surface area contributed by atoms with Gasteiger partial charge in [0.05, 0.1) is 24.8 Å². The zero-order valence-electron chi connectivity index (χ0n) is 15.7. The van der Waals surface area contributed by atoms with Crippen molar-refractivity contribution in [1.29, 1.82) is 0 Å². The summed E-state index contributed by atoms with van der Waals surface area (Å²) in [5, 5.41) is 0. The number of sulfonamides is 2. The number of methoxy groups -OCH3 is 2. The molecular formula is C17H22N2O6S2. The van der Waals surface area contributed by atoms with Gasteiger partial charge in [0.1, 0.15) is 16.4 Å². The fourth-order valence-corrected chi connectivity index (χ4v) is 4.51. The van der Waals surface area contributed by atoms with Crippen molar-refractivity contribution < 1.29 is 26.3 Å². The third kappa shape index (κ3) is 4.34. The molecule has 0 bridgehead atoms. The van der Waals surface area contributed by atoms with E-state index in [-0.39, 0.29) is 21.2 Å². The molecule has 0 aliphatic carbocycles. The number of rotatable bonds is 7. The fraction of sp³-hybridized carbons (Fsp3) is 0.294. The van der Waals surface area contributed by atoms with Gasteiger partial charge in [-0.1, -0.05) is 6.07 Å². The van der Waals surface area contributed by atoms with Crippen LogP contribution in [-0.4, -0.2) is 49.5 Å². The number of benzene rings is 2. The van der Waals surface area contributed by atoms with E-state index in [0.29, 0.717) is 11.3 Å². The Hall–Kier alpha value is -2.30. The largest absolute Gasteiger partial charge is 0.497 e. The molecule has 8 nitrogen and oxygen atoms in total. The molecule has 2 aromatic carbocycles. The molecule has 10 heteroatoms. The second-order valence-corrected chi connectivity index (χ2v) is 9.69. The predicted octanol–water partition coefficient (Wildman–Crippen LogP) is 2.06. The van der Waals surface area contributed by atoms with Gasteiger partial charge < -0.3 is 9.47 Å². The molecule has 148 valence electrons. The monoisotopic (exact) mass is 414 g/mol. The van der Waals surface area contributed by atoms with E-state index in [1.54, 1.807) is 13.0 Å². The van der Waals surface area contributed by atoms with Crippen LogP contribution in [0.1, 0.15) is 5.56 Å². The molecule has 0 heterocycles. The highest BCUT2D eigenvalue weighted by Crippen LogP contribution is 2.31. The van der Waals surface area contributed by atoms with Gasteiger partial charge in [-0.05, 0) is 36.8 Å². The van der Waals surface area contributed by atoms with Gasteiger partial charge in [-0.2, -0.15) is 0 Å². The predicted molar refractivity (Wildman–Crippen MR) is 102 cm³/mol. The van der Waals surface area contributed by atoms with Gasteiger partial charge in [0.25, 0.3) is 10.0 Å². The minimum atomic E-state index is -4.06. The molecular weight excluding hydrogens is 392 g/mol. The molecule has 2 rings (SSSR count). The van der Waals surface area contributed by atoms with E-state index in [4.69, 9.17) is 9.47 Å². The zero-order valence-corrected chi connectivity index (χ0v) is 17.3. The van der Waals surface area contributed by atoms with Crippen LogP contribution in [-0.2, 0) is 20.0 Å². The minimum Gasteiger partial charge on any atom is -0.497 e. The van der Waals surface area contributed by atoms with Crippen molar-refractivity contribution in [2.45, 2.75) is 16.7 Å². The third-order valence-electron chi connectivity index (χ3n) is 3.89. The van der Waals surface area contributed by atoms with Crippen molar-refractivity contribution >= 4 is 25.7 Å². The first-order valence-electron chi connectivity index (χ1n) is 7.81. The van der Waals surface area contributed by atoms with Crippen LogP contribution >= 0.6 is 0 Å². The maximum Gasteiger partial charge on any atom is 0.265 e. The van der Waals surface area contributed by atoms with Crippen molar-refractivity contribution in [3.63, 3.8) is 0 Å². The SMILES string of the molecule is COc1ccc(OC)c(S(=O)(=O)Nc2cc(S(=O)(=O)N(C)C)ccc2C)c1. The molecule has 0 aromatic heterocycles. The number of ether oxygens (including phenoxy) is 2. The summed E-state index contributed by atoms with van der Waals surface area (Å²) in [6.45, 7) is 1.67. The summed E-state index contributed by atoms with van der Waals surface area (Å²) >= 11 is 0. The first-order chi connectivity index (χ1) is 12.5. The van der Waals surface area contributed by atoms with Crippen molar-refractivity contribution in [3.8, 4) is 11.5 Å². The molecule has 0 spiro atoms. The molecule has 2 aromatic rings. The van der Waals surface area contributed by atoms with Crippen molar-refractivity contribution in [3.05, 3.63) is 42.0 Å². The summed E-state index contributed by atoms with van der Waals surface area (Å²) in [4.78, 5) is -0.141. The van der Waals surface area contributed by atoms with Crippen LogP contribution in [0.4, 0.5) is 5.69 Å². The van der Waals surface area contributed by atoms with Gasteiger partial charge in [-0.15, -0.1) is 0 Å². The van der Waals surface area contributed by atoms with Crippen LogP contribution in [0, 0.1) is 6.92 Å². The zero-order chi connectivity index (χ0) is 20.4. The number of nitrogens with zero attached hydrogens (tertiary/aromatic N) is 1. The Labute approximate surface area is 159 Å². The Morgan fingerprint density at radius 1 is 0.926 bits per heavy atom. The van der Waals surface area contributed by atoms with Gasteiger partial charge in [-0.3, -0.25) is 4.72 Å². The summed E-state index contributed by atoms with van der Waals surface area (Å²) in [5.74, 6) is 0.481. The minimum absolute atomic E-state index is 0.0200. The summed E-state index contributed by atoms with van der Waals surface area (Å²) in [7, 11) is -2.18. The molecule has 0 unspecified atom stereocenters. The second kappa shape index (κ2) is 7.75. The van der Waals surface area contributed by atoms with E-state index in [1.807, 2.05) is 0 Å². The summed E-state index contributed by atoms with van der Waals surface area (Å²) in [5.41, 5.74) is 0.723. The van der Waals surface area contributed by atoms with Gasteiger partial charge in [0.15, 0.2) is 0 Å². The highest BCUT2D eigenvalue weighted by molar-refractivity contribution is 7.92. The number of hydrogen-bond donors (Lipinski definition) is 1. The molecule has 0 radical (unpaired) electrons. The van der Waals surface area contributed by atoms with Crippen LogP contribution in [0.5, 0.6) is 11.5 Å². The molecule has 0 amide bonds. The average Bonchev–Trinajstić information content (AvgIpc) is 2.62. The van der Waals surface area contributed by atoms with Gasteiger partial charge in [0, 0.05) is 20.2 Å².